The van der Waals surface area contributed by atoms with E-state index >= 15 is 0 Å². The van der Waals surface area contributed by atoms with Gasteiger partial charge < -0.3 is 20.2 Å². The van der Waals surface area contributed by atoms with Crippen molar-refractivity contribution in [1.29, 1.82) is 0 Å². The van der Waals surface area contributed by atoms with Crippen LogP contribution in [0.3, 0.4) is 0 Å². The van der Waals surface area contributed by atoms with Crippen LogP contribution >= 0.6 is 24.0 Å². The van der Waals surface area contributed by atoms with Crippen molar-refractivity contribution in [3.8, 4) is 5.75 Å². The molecule has 1 heterocycles. The number of piperazine rings is 1. The Labute approximate surface area is 187 Å². The summed E-state index contributed by atoms with van der Waals surface area (Å²) >= 11 is 0. The van der Waals surface area contributed by atoms with Gasteiger partial charge in [0.05, 0.1) is 12.2 Å². The first-order chi connectivity index (χ1) is 13.1. The van der Waals surface area contributed by atoms with Crippen LogP contribution in [0, 0.1) is 0 Å². The van der Waals surface area contributed by atoms with E-state index in [1.807, 2.05) is 18.2 Å². The van der Waals surface area contributed by atoms with E-state index in [1.165, 1.54) is 12.8 Å². The number of phenols is 1. The van der Waals surface area contributed by atoms with E-state index in [4.69, 9.17) is 4.99 Å². The number of nitrogens with zero attached hydrogens (tertiary/aromatic N) is 4. The number of para-hydroxylation sites is 2. The summed E-state index contributed by atoms with van der Waals surface area (Å²) in [6.07, 6.45) is 2.69. The maximum absolute atomic E-state index is 10.1. The van der Waals surface area contributed by atoms with Gasteiger partial charge in [0.15, 0.2) is 5.96 Å². The summed E-state index contributed by atoms with van der Waals surface area (Å²) in [5.74, 6) is 1.38. The number of anilines is 1. The normalized spacial score (nSPS) is 17.8. The van der Waals surface area contributed by atoms with E-state index in [1.54, 1.807) is 6.07 Å². The minimum atomic E-state index is 0. The van der Waals surface area contributed by atoms with Crippen molar-refractivity contribution in [2.45, 2.75) is 45.7 Å². The number of aromatic hydroxyl groups is 1. The molecule has 0 atom stereocenters. The third kappa shape index (κ3) is 6.14. The molecule has 1 saturated carbocycles. The minimum Gasteiger partial charge on any atom is -0.506 e. The molecule has 0 bridgehead atoms. The molecule has 2 fully saturated rings. The number of hydrogen-bond donors (Lipinski definition) is 2. The zero-order valence-corrected chi connectivity index (χ0v) is 19.8. The molecule has 2 N–H and O–H groups in total. The highest BCUT2D eigenvalue weighted by Crippen LogP contribution is 2.28. The van der Waals surface area contributed by atoms with Crippen molar-refractivity contribution in [2.75, 3.05) is 50.7 Å². The third-order valence-corrected chi connectivity index (χ3v) is 5.44. The molecule has 1 saturated heterocycles. The number of rotatable bonds is 7. The first-order valence-electron chi connectivity index (χ1n) is 10.4. The number of aliphatic imine (C=N–C) groups is 1. The van der Waals surface area contributed by atoms with Crippen molar-refractivity contribution in [3.05, 3.63) is 24.3 Å². The lowest BCUT2D eigenvalue weighted by molar-refractivity contribution is 0.217. The summed E-state index contributed by atoms with van der Waals surface area (Å²) in [5.41, 5.74) is 0.927. The predicted octanol–water partition coefficient (Wildman–Crippen LogP) is 2.97. The quantitative estimate of drug-likeness (QED) is 0.342. The van der Waals surface area contributed by atoms with Crippen molar-refractivity contribution in [1.82, 2.24) is 15.1 Å². The molecule has 7 heteroatoms. The molecular formula is C21H36IN5O. The smallest absolute Gasteiger partial charge is 0.194 e. The number of phenolic OH excluding ortho intramolecular Hbond substituents is 1. The van der Waals surface area contributed by atoms with Crippen LogP contribution < -0.4 is 10.2 Å². The van der Waals surface area contributed by atoms with E-state index in [9.17, 15) is 5.11 Å². The fourth-order valence-corrected chi connectivity index (χ4v) is 3.86. The second-order valence-electron chi connectivity index (χ2n) is 7.76. The summed E-state index contributed by atoms with van der Waals surface area (Å²) in [6, 6.07) is 8.97. The molecule has 0 unspecified atom stereocenters. The van der Waals surface area contributed by atoms with Crippen molar-refractivity contribution in [3.63, 3.8) is 0 Å². The lowest BCUT2D eigenvalue weighted by Crippen LogP contribution is -2.52. The zero-order chi connectivity index (χ0) is 19.2. The highest BCUT2D eigenvalue weighted by molar-refractivity contribution is 14.0. The predicted molar refractivity (Wildman–Crippen MR) is 128 cm³/mol. The Kier molecular flexibility index (Phi) is 9.14. The number of guanidine groups is 1. The Balaban J connectivity index is 0.00000280. The molecule has 6 nitrogen and oxygen atoms in total. The van der Waals surface area contributed by atoms with Gasteiger partial charge in [-0.25, -0.2) is 0 Å². The van der Waals surface area contributed by atoms with E-state index in [2.05, 4.69) is 40.8 Å². The van der Waals surface area contributed by atoms with Crippen LogP contribution in [0.1, 0.15) is 33.6 Å². The third-order valence-electron chi connectivity index (χ3n) is 5.44. The first kappa shape index (κ1) is 23.1. The van der Waals surface area contributed by atoms with Crippen LogP contribution in [0.15, 0.2) is 29.3 Å². The molecule has 0 spiro atoms. The molecule has 1 aliphatic heterocycles. The molecule has 2 aliphatic rings. The Morgan fingerprint density at radius 1 is 1.21 bits per heavy atom. The average molecular weight is 501 g/mol. The summed E-state index contributed by atoms with van der Waals surface area (Å²) in [4.78, 5) is 12.1. The minimum absolute atomic E-state index is 0. The zero-order valence-electron chi connectivity index (χ0n) is 17.5. The van der Waals surface area contributed by atoms with Crippen LogP contribution in [0.4, 0.5) is 5.69 Å². The highest BCUT2D eigenvalue weighted by atomic mass is 127. The molecule has 158 valence electrons. The molecule has 0 amide bonds. The van der Waals surface area contributed by atoms with Gasteiger partial charge in [-0.15, -0.1) is 24.0 Å². The molecule has 1 aromatic rings. The summed E-state index contributed by atoms with van der Waals surface area (Å²) < 4.78 is 0. The van der Waals surface area contributed by atoms with E-state index in [-0.39, 0.29) is 24.0 Å². The largest absolute Gasteiger partial charge is 0.506 e. The number of nitrogens with one attached hydrogen (secondary N) is 1. The number of benzene rings is 1. The van der Waals surface area contributed by atoms with Crippen molar-refractivity contribution in [2.24, 2.45) is 4.99 Å². The summed E-state index contributed by atoms with van der Waals surface area (Å²) in [7, 11) is 0. The lowest BCUT2D eigenvalue weighted by atomic mass is 10.2. The highest BCUT2D eigenvalue weighted by Gasteiger charge is 2.30. The molecular weight excluding hydrogens is 465 g/mol. The molecule has 0 radical (unpaired) electrons. The van der Waals surface area contributed by atoms with Gasteiger partial charge in [-0.2, -0.15) is 0 Å². The van der Waals surface area contributed by atoms with E-state index < -0.39 is 0 Å². The van der Waals surface area contributed by atoms with Gasteiger partial charge in [0.1, 0.15) is 5.75 Å². The van der Waals surface area contributed by atoms with Gasteiger partial charge in [-0.05, 0) is 45.7 Å². The van der Waals surface area contributed by atoms with Crippen LogP contribution in [-0.2, 0) is 0 Å². The Morgan fingerprint density at radius 3 is 2.46 bits per heavy atom. The maximum atomic E-state index is 10.1. The van der Waals surface area contributed by atoms with Gasteiger partial charge in [0.2, 0.25) is 0 Å². The average Bonchev–Trinajstić information content (AvgIpc) is 3.49. The van der Waals surface area contributed by atoms with Crippen molar-refractivity contribution < 1.29 is 5.11 Å². The molecule has 1 aliphatic carbocycles. The molecule has 28 heavy (non-hydrogen) atoms. The Bertz CT molecular complexity index is 625. The Morgan fingerprint density at radius 2 is 1.89 bits per heavy atom. The van der Waals surface area contributed by atoms with Gasteiger partial charge in [-0.3, -0.25) is 9.89 Å². The number of halogens is 1. The van der Waals surface area contributed by atoms with Crippen LogP contribution in [0.5, 0.6) is 5.75 Å². The van der Waals surface area contributed by atoms with Crippen LogP contribution in [0.2, 0.25) is 0 Å². The van der Waals surface area contributed by atoms with Crippen LogP contribution in [0.25, 0.3) is 0 Å². The Hall–Kier alpha value is -1.22. The van der Waals surface area contributed by atoms with Crippen molar-refractivity contribution >= 4 is 35.6 Å². The molecule has 3 rings (SSSR count). The fraction of sp³-hybridized carbons (Fsp3) is 0.667. The molecule has 0 aromatic heterocycles. The lowest BCUT2D eigenvalue weighted by Gasteiger charge is -2.38. The second-order valence-corrected chi connectivity index (χ2v) is 7.76. The summed E-state index contributed by atoms with van der Waals surface area (Å²) in [6.45, 7) is 13.1. The fourth-order valence-electron chi connectivity index (χ4n) is 3.86. The SMILES string of the molecule is CCNC(=NCCN(C(C)C)C1CC1)N1CCN(c2ccccc2O)CC1.I. The van der Waals surface area contributed by atoms with Gasteiger partial charge in [-0.1, -0.05) is 12.1 Å². The van der Waals surface area contributed by atoms with E-state index in [0.717, 1.165) is 63.5 Å². The number of hydrogen-bond acceptors (Lipinski definition) is 4. The standard InChI is InChI=1S/C21H35N5O.HI/c1-4-22-21(23-11-12-26(17(2)3)18-9-10-18)25-15-13-24(14-16-25)19-7-5-6-8-20(19)27;/h5-8,17-18,27H,4,9-16H2,1-3H3,(H,22,23);1H. The van der Waals surface area contributed by atoms with Gasteiger partial charge in [0.25, 0.3) is 0 Å². The van der Waals surface area contributed by atoms with Gasteiger partial charge >= 0.3 is 0 Å². The van der Waals surface area contributed by atoms with Crippen LogP contribution in [-0.4, -0.2) is 78.8 Å². The summed E-state index contributed by atoms with van der Waals surface area (Å²) in [5, 5.41) is 13.5. The first-order valence-corrected chi connectivity index (χ1v) is 10.4. The molecule has 1 aromatic carbocycles. The maximum Gasteiger partial charge on any atom is 0.194 e. The second kappa shape index (κ2) is 11.1. The topological polar surface area (TPSA) is 54.3 Å². The monoisotopic (exact) mass is 501 g/mol. The van der Waals surface area contributed by atoms with Gasteiger partial charge in [0, 0.05) is 51.4 Å². The van der Waals surface area contributed by atoms with E-state index in [0.29, 0.717) is 11.8 Å².